The van der Waals surface area contributed by atoms with Gasteiger partial charge in [0.25, 0.3) is 5.91 Å². The second kappa shape index (κ2) is 7.16. The number of rotatable bonds is 4. The Bertz CT molecular complexity index is 862. The van der Waals surface area contributed by atoms with Gasteiger partial charge in [0.05, 0.1) is 24.8 Å². The summed E-state index contributed by atoms with van der Waals surface area (Å²) in [6.07, 6.45) is 1.61. The molecule has 0 aliphatic carbocycles. The number of thiocarbonyl (C=S) groups is 1. The molecule has 1 aliphatic heterocycles. The van der Waals surface area contributed by atoms with Gasteiger partial charge in [-0.3, -0.25) is 9.69 Å². The number of hydrogen-bond donors (Lipinski definition) is 1. The van der Waals surface area contributed by atoms with E-state index >= 15 is 0 Å². The van der Waals surface area contributed by atoms with Crippen molar-refractivity contribution in [3.05, 3.63) is 52.9 Å². The molecule has 1 heterocycles. The second-order valence-electron chi connectivity index (χ2n) is 5.14. The maximum atomic E-state index is 12.7. The lowest BCUT2D eigenvalue weighted by molar-refractivity contribution is -0.113. The molecule has 3 rings (SSSR count). The molecule has 1 N–H and O–H groups in total. The highest BCUT2D eigenvalue weighted by Gasteiger charge is 2.33. The third-order valence-electron chi connectivity index (χ3n) is 3.65. The van der Waals surface area contributed by atoms with Gasteiger partial charge in [-0.15, -0.1) is 0 Å². The van der Waals surface area contributed by atoms with Gasteiger partial charge in [-0.25, -0.2) is 0 Å². The van der Waals surface area contributed by atoms with Crippen molar-refractivity contribution in [1.82, 2.24) is 0 Å². The van der Waals surface area contributed by atoms with Gasteiger partial charge in [-0.2, -0.15) is 0 Å². The van der Waals surface area contributed by atoms with Crippen LogP contribution in [0.15, 0.2) is 47.4 Å². The number of aromatic hydroxyl groups is 1. The Hall–Kier alpha value is -2.51. The molecule has 2 aromatic rings. The lowest BCUT2D eigenvalue weighted by atomic mass is 10.1. The number of hydrogen-bond acceptors (Lipinski definition) is 6. The van der Waals surface area contributed by atoms with E-state index in [9.17, 15) is 9.90 Å². The molecule has 0 spiro atoms. The molecule has 0 saturated carbocycles. The Morgan fingerprint density at radius 2 is 1.72 bits per heavy atom. The van der Waals surface area contributed by atoms with E-state index in [-0.39, 0.29) is 11.7 Å². The maximum Gasteiger partial charge on any atom is 0.270 e. The summed E-state index contributed by atoms with van der Waals surface area (Å²) in [7, 11) is 3.12. The molecular formula is C18H15NO4S2. The molecule has 128 valence electrons. The van der Waals surface area contributed by atoms with Crippen LogP contribution >= 0.6 is 24.0 Å². The normalized spacial score (nSPS) is 15.8. The zero-order chi connectivity index (χ0) is 18.0. The van der Waals surface area contributed by atoms with E-state index in [1.807, 2.05) is 0 Å². The first-order valence-electron chi connectivity index (χ1n) is 7.32. The van der Waals surface area contributed by atoms with Crippen molar-refractivity contribution < 1.29 is 19.4 Å². The second-order valence-corrected chi connectivity index (χ2v) is 6.82. The molecule has 1 fully saturated rings. The molecule has 0 bridgehead atoms. The summed E-state index contributed by atoms with van der Waals surface area (Å²) in [6.45, 7) is 0. The van der Waals surface area contributed by atoms with Crippen molar-refractivity contribution in [1.29, 1.82) is 0 Å². The standard InChI is InChI=1S/C18H15NO4S2/c1-22-13-5-3-12(4-6-13)19-17(21)16(25-18(19)24)10-11-9-14(23-2)7-8-15(11)20/h3-10,20H,1-2H3. The number of phenolic OH excluding ortho intramolecular Hbond substituents is 1. The van der Waals surface area contributed by atoms with Gasteiger partial charge < -0.3 is 14.6 Å². The predicted octanol–water partition coefficient (Wildman–Crippen LogP) is 3.82. The number of nitrogens with zero attached hydrogens (tertiary/aromatic N) is 1. The van der Waals surface area contributed by atoms with Crippen molar-refractivity contribution in [2.45, 2.75) is 0 Å². The van der Waals surface area contributed by atoms with Gasteiger partial charge in [0.2, 0.25) is 0 Å². The number of phenols is 1. The maximum absolute atomic E-state index is 12.7. The molecule has 1 saturated heterocycles. The third kappa shape index (κ3) is 3.47. The Balaban J connectivity index is 1.93. The predicted molar refractivity (Wildman–Crippen MR) is 103 cm³/mol. The minimum absolute atomic E-state index is 0.0653. The van der Waals surface area contributed by atoms with Crippen LogP contribution in [0.1, 0.15) is 5.56 Å². The number of methoxy groups -OCH3 is 2. The highest BCUT2D eigenvalue weighted by molar-refractivity contribution is 8.27. The van der Waals surface area contributed by atoms with E-state index in [4.69, 9.17) is 21.7 Å². The highest BCUT2D eigenvalue weighted by atomic mass is 32.2. The molecule has 1 aliphatic rings. The molecule has 0 atom stereocenters. The van der Waals surface area contributed by atoms with Gasteiger partial charge >= 0.3 is 0 Å². The van der Waals surface area contributed by atoms with E-state index in [2.05, 4.69) is 0 Å². The molecule has 1 amide bonds. The van der Waals surface area contributed by atoms with Crippen molar-refractivity contribution in [2.24, 2.45) is 0 Å². The van der Waals surface area contributed by atoms with Crippen LogP contribution in [0.3, 0.4) is 0 Å². The first-order valence-corrected chi connectivity index (χ1v) is 8.55. The molecule has 0 unspecified atom stereocenters. The Labute approximate surface area is 154 Å². The fourth-order valence-electron chi connectivity index (χ4n) is 2.34. The number of anilines is 1. The van der Waals surface area contributed by atoms with Gasteiger partial charge in [0.1, 0.15) is 17.2 Å². The minimum atomic E-state index is -0.234. The van der Waals surface area contributed by atoms with Crippen molar-refractivity contribution in [3.63, 3.8) is 0 Å². The van der Waals surface area contributed by atoms with Crippen LogP contribution in [0, 0.1) is 0 Å². The van der Waals surface area contributed by atoms with E-state index in [0.717, 1.165) is 0 Å². The topological polar surface area (TPSA) is 59.0 Å². The van der Waals surface area contributed by atoms with Crippen LogP contribution < -0.4 is 14.4 Å². The van der Waals surface area contributed by atoms with Gasteiger partial charge in [-0.1, -0.05) is 24.0 Å². The summed E-state index contributed by atoms with van der Waals surface area (Å²) in [5, 5.41) is 10.0. The van der Waals surface area contributed by atoms with Crippen LogP contribution in [-0.4, -0.2) is 29.6 Å². The number of amides is 1. The average molecular weight is 373 g/mol. The lowest BCUT2D eigenvalue weighted by Gasteiger charge is -2.14. The van der Waals surface area contributed by atoms with E-state index in [1.165, 1.54) is 22.7 Å². The third-order valence-corrected chi connectivity index (χ3v) is 4.95. The monoisotopic (exact) mass is 373 g/mol. The summed E-state index contributed by atoms with van der Waals surface area (Å²) >= 11 is 6.53. The van der Waals surface area contributed by atoms with Crippen LogP contribution in [0.4, 0.5) is 5.69 Å². The molecule has 25 heavy (non-hydrogen) atoms. The molecule has 5 nitrogen and oxygen atoms in total. The number of carbonyl (C=O) groups excluding carboxylic acids is 1. The molecular weight excluding hydrogens is 358 g/mol. The van der Waals surface area contributed by atoms with Gasteiger partial charge in [0, 0.05) is 5.56 Å². The highest BCUT2D eigenvalue weighted by Crippen LogP contribution is 2.37. The van der Waals surface area contributed by atoms with E-state index in [0.29, 0.717) is 32.0 Å². The first kappa shape index (κ1) is 17.3. The van der Waals surface area contributed by atoms with E-state index < -0.39 is 0 Å². The summed E-state index contributed by atoms with van der Waals surface area (Å²) in [4.78, 5) is 14.6. The average Bonchev–Trinajstić information content (AvgIpc) is 2.90. The minimum Gasteiger partial charge on any atom is -0.507 e. The SMILES string of the molecule is COc1ccc(N2C(=O)C(=Cc3cc(OC)ccc3O)SC2=S)cc1. The fraction of sp³-hybridized carbons (Fsp3) is 0.111. The van der Waals surface area contributed by atoms with Gasteiger partial charge in [-0.05, 0) is 48.5 Å². The van der Waals surface area contributed by atoms with Crippen LogP contribution in [-0.2, 0) is 4.79 Å². The van der Waals surface area contributed by atoms with Crippen molar-refractivity contribution in [3.8, 4) is 17.2 Å². The van der Waals surface area contributed by atoms with Crippen molar-refractivity contribution >= 4 is 46.0 Å². The number of benzene rings is 2. The summed E-state index contributed by atoms with van der Waals surface area (Å²) in [6, 6.07) is 11.9. The van der Waals surface area contributed by atoms with Crippen LogP contribution in [0.2, 0.25) is 0 Å². The smallest absolute Gasteiger partial charge is 0.270 e. The van der Waals surface area contributed by atoms with Crippen LogP contribution in [0.25, 0.3) is 6.08 Å². The Kier molecular flexibility index (Phi) is 4.96. The fourth-order valence-corrected chi connectivity index (χ4v) is 3.63. The zero-order valence-electron chi connectivity index (χ0n) is 13.6. The lowest BCUT2D eigenvalue weighted by Crippen LogP contribution is -2.27. The Morgan fingerprint density at radius 1 is 1.08 bits per heavy atom. The van der Waals surface area contributed by atoms with Crippen molar-refractivity contribution in [2.75, 3.05) is 19.1 Å². The summed E-state index contributed by atoms with van der Waals surface area (Å²) in [5.74, 6) is 1.12. The van der Waals surface area contributed by atoms with E-state index in [1.54, 1.807) is 56.7 Å². The molecule has 2 aromatic carbocycles. The van der Waals surface area contributed by atoms with Gasteiger partial charge in [0.15, 0.2) is 4.32 Å². The molecule has 7 heteroatoms. The first-order chi connectivity index (χ1) is 12.0. The molecule has 0 aromatic heterocycles. The number of ether oxygens (including phenoxy) is 2. The number of carbonyl (C=O) groups is 1. The zero-order valence-corrected chi connectivity index (χ0v) is 15.2. The Morgan fingerprint density at radius 3 is 2.36 bits per heavy atom. The largest absolute Gasteiger partial charge is 0.507 e. The molecule has 0 radical (unpaired) electrons. The summed E-state index contributed by atoms with van der Waals surface area (Å²) in [5.41, 5.74) is 1.16. The quantitative estimate of drug-likeness (QED) is 0.650. The summed E-state index contributed by atoms with van der Waals surface area (Å²) < 4.78 is 10.7. The van der Waals surface area contributed by atoms with Crippen LogP contribution in [0.5, 0.6) is 17.2 Å². The number of thioether (sulfide) groups is 1.